The molecule has 2 fully saturated rings. The number of urea groups is 1. The maximum Gasteiger partial charge on any atom is 0.332 e. The van der Waals surface area contributed by atoms with Gasteiger partial charge in [0, 0.05) is 36.4 Å². The van der Waals surface area contributed by atoms with Gasteiger partial charge in [0.15, 0.2) is 0 Å². The van der Waals surface area contributed by atoms with Crippen molar-refractivity contribution in [1.29, 1.82) is 0 Å². The first-order valence-electron chi connectivity index (χ1n) is 11.0. The van der Waals surface area contributed by atoms with Crippen molar-refractivity contribution in [3.63, 3.8) is 0 Å². The molecule has 5 rings (SSSR count). The molecule has 0 aliphatic carbocycles. The van der Waals surface area contributed by atoms with E-state index in [0.717, 1.165) is 5.56 Å². The van der Waals surface area contributed by atoms with Crippen molar-refractivity contribution in [2.75, 3.05) is 11.4 Å². The lowest BCUT2D eigenvalue weighted by atomic mass is 9.81. The Morgan fingerprint density at radius 3 is 2.73 bits per heavy atom. The van der Waals surface area contributed by atoms with Crippen LogP contribution in [-0.4, -0.2) is 45.0 Å². The van der Waals surface area contributed by atoms with Crippen LogP contribution in [0.2, 0.25) is 0 Å². The van der Waals surface area contributed by atoms with Gasteiger partial charge in [-0.2, -0.15) is 0 Å². The van der Waals surface area contributed by atoms with E-state index in [0.29, 0.717) is 43.1 Å². The molecule has 2 saturated heterocycles. The first-order valence-corrected chi connectivity index (χ1v) is 11.0. The number of hydrogen-bond acceptors (Lipinski definition) is 6. The molecule has 2 aliphatic rings. The minimum atomic E-state index is -1.09. The van der Waals surface area contributed by atoms with Crippen LogP contribution in [0, 0.1) is 12.7 Å². The third-order valence-electron chi connectivity index (χ3n) is 6.59. The minimum Gasteiger partial charge on any atom is -0.472 e. The van der Waals surface area contributed by atoms with Crippen LogP contribution in [0.15, 0.2) is 57.9 Å². The van der Waals surface area contributed by atoms with Gasteiger partial charge in [0.25, 0.3) is 5.91 Å². The van der Waals surface area contributed by atoms with E-state index in [1.807, 2.05) is 13.0 Å². The van der Waals surface area contributed by atoms with Crippen LogP contribution in [0.4, 0.5) is 14.9 Å². The SMILES string of the molecule is Cc1cc(CN2C(=O)N(c3cccc(F)c3)C3(CCN(Cc4ccoc4)[C@@H](C)C3)C2=O)no1. The molecule has 4 heterocycles. The number of carbonyl (C=O) groups excluding carboxylic acids is 2. The topological polar surface area (TPSA) is 83.0 Å². The van der Waals surface area contributed by atoms with Crippen LogP contribution >= 0.6 is 0 Å². The number of piperidine rings is 1. The van der Waals surface area contributed by atoms with Crippen LogP contribution in [0.1, 0.15) is 36.8 Å². The van der Waals surface area contributed by atoms with E-state index < -0.39 is 17.4 Å². The Balaban J connectivity index is 1.48. The summed E-state index contributed by atoms with van der Waals surface area (Å²) in [4.78, 5) is 32.4. The molecule has 8 nitrogen and oxygen atoms in total. The minimum absolute atomic E-state index is 0.00961. The van der Waals surface area contributed by atoms with Gasteiger partial charge in [0.2, 0.25) is 0 Å². The zero-order valence-corrected chi connectivity index (χ0v) is 18.5. The normalized spacial score (nSPS) is 23.8. The molecule has 9 heteroatoms. The summed E-state index contributed by atoms with van der Waals surface area (Å²) in [6.45, 7) is 5.11. The maximum atomic E-state index is 14.1. The molecule has 0 saturated carbocycles. The first kappa shape index (κ1) is 21.4. The zero-order valence-electron chi connectivity index (χ0n) is 18.5. The van der Waals surface area contributed by atoms with Gasteiger partial charge in [-0.1, -0.05) is 11.2 Å². The Morgan fingerprint density at radius 2 is 2.06 bits per heavy atom. The average Bonchev–Trinajstić information content (AvgIpc) is 3.48. The van der Waals surface area contributed by atoms with Crippen molar-refractivity contribution < 1.29 is 22.9 Å². The summed E-state index contributed by atoms with van der Waals surface area (Å²) >= 11 is 0. The van der Waals surface area contributed by atoms with E-state index in [9.17, 15) is 14.0 Å². The average molecular weight is 452 g/mol. The molecule has 3 amide bonds. The Bertz CT molecular complexity index is 1180. The molecule has 2 aliphatic heterocycles. The molecule has 1 spiro atoms. The molecule has 33 heavy (non-hydrogen) atoms. The first-order chi connectivity index (χ1) is 15.9. The number of aryl methyl sites for hydroxylation is 1. The Kier molecular flexibility index (Phi) is 5.28. The van der Waals surface area contributed by atoms with Crippen molar-refractivity contribution in [2.24, 2.45) is 0 Å². The lowest BCUT2D eigenvalue weighted by molar-refractivity contribution is -0.133. The summed E-state index contributed by atoms with van der Waals surface area (Å²) in [5, 5.41) is 3.95. The number of imide groups is 1. The molecule has 172 valence electrons. The van der Waals surface area contributed by atoms with E-state index in [-0.39, 0.29) is 18.5 Å². The number of amides is 3. The van der Waals surface area contributed by atoms with Gasteiger partial charge in [-0.25, -0.2) is 9.18 Å². The second-order valence-corrected chi connectivity index (χ2v) is 8.85. The van der Waals surface area contributed by atoms with Crippen molar-refractivity contribution in [2.45, 2.75) is 51.4 Å². The van der Waals surface area contributed by atoms with E-state index in [2.05, 4.69) is 10.1 Å². The largest absolute Gasteiger partial charge is 0.472 e. The number of anilines is 1. The molecular weight excluding hydrogens is 427 g/mol. The third kappa shape index (κ3) is 3.72. The third-order valence-corrected chi connectivity index (χ3v) is 6.59. The van der Waals surface area contributed by atoms with Crippen molar-refractivity contribution in [1.82, 2.24) is 15.0 Å². The fraction of sp³-hybridized carbons (Fsp3) is 0.375. The second kappa shape index (κ2) is 8.15. The highest BCUT2D eigenvalue weighted by atomic mass is 19.1. The quantitative estimate of drug-likeness (QED) is 0.542. The van der Waals surface area contributed by atoms with Crippen LogP contribution in [0.3, 0.4) is 0 Å². The Morgan fingerprint density at radius 1 is 1.21 bits per heavy atom. The highest BCUT2D eigenvalue weighted by molar-refractivity contribution is 6.16. The number of rotatable bonds is 5. The molecule has 1 aromatic carbocycles. The van der Waals surface area contributed by atoms with Gasteiger partial charge in [-0.05, 0) is 51.0 Å². The van der Waals surface area contributed by atoms with Crippen LogP contribution < -0.4 is 4.90 Å². The van der Waals surface area contributed by atoms with E-state index in [1.54, 1.807) is 37.6 Å². The number of halogens is 1. The van der Waals surface area contributed by atoms with Crippen LogP contribution in [-0.2, 0) is 17.9 Å². The summed E-state index contributed by atoms with van der Waals surface area (Å²) in [5.41, 5.74) is 0.839. The van der Waals surface area contributed by atoms with E-state index >= 15 is 0 Å². The summed E-state index contributed by atoms with van der Waals surface area (Å²) in [7, 11) is 0. The maximum absolute atomic E-state index is 14.1. The van der Waals surface area contributed by atoms with Crippen LogP contribution in [0.5, 0.6) is 0 Å². The molecule has 0 N–H and O–H groups in total. The fourth-order valence-corrected chi connectivity index (χ4v) is 5.02. The lowest BCUT2D eigenvalue weighted by Crippen LogP contribution is -2.59. The number of hydrogen-bond donors (Lipinski definition) is 0. The van der Waals surface area contributed by atoms with Gasteiger partial charge in [-0.3, -0.25) is 19.5 Å². The number of nitrogens with zero attached hydrogens (tertiary/aromatic N) is 4. The van der Waals surface area contributed by atoms with Crippen molar-refractivity contribution in [3.8, 4) is 0 Å². The summed E-state index contributed by atoms with van der Waals surface area (Å²) < 4.78 is 24.4. The molecule has 1 unspecified atom stereocenters. The van der Waals surface area contributed by atoms with Gasteiger partial charge in [-0.15, -0.1) is 0 Å². The summed E-state index contributed by atoms with van der Waals surface area (Å²) in [5.74, 6) is -0.145. The van der Waals surface area contributed by atoms with Crippen molar-refractivity contribution >= 4 is 17.6 Å². The fourth-order valence-electron chi connectivity index (χ4n) is 5.02. The molecule has 3 aromatic rings. The zero-order chi connectivity index (χ0) is 23.2. The molecule has 0 radical (unpaired) electrons. The Labute approximate surface area is 190 Å². The van der Waals surface area contributed by atoms with Crippen molar-refractivity contribution in [3.05, 3.63) is 71.8 Å². The monoisotopic (exact) mass is 452 g/mol. The predicted molar refractivity (Wildman–Crippen MR) is 117 cm³/mol. The Hall–Kier alpha value is -3.46. The van der Waals surface area contributed by atoms with Gasteiger partial charge >= 0.3 is 6.03 Å². The van der Waals surface area contributed by atoms with Gasteiger partial charge in [0.1, 0.15) is 22.8 Å². The van der Waals surface area contributed by atoms with E-state index in [4.69, 9.17) is 8.94 Å². The number of furan rings is 1. The van der Waals surface area contributed by atoms with Gasteiger partial charge in [0.05, 0.1) is 19.1 Å². The smallest absolute Gasteiger partial charge is 0.332 e. The highest BCUT2D eigenvalue weighted by Crippen LogP contribution is 2.43. The summed E-state index contributed by atoms with van der Waals surface area (Å²) in [6, 6.07) is 9.01. The predicted octanol–water partition coefficient (Wildman–Crippen LogP) is 4.11. The highest BCUT2D eigenvalue weighted by Gasteiger charge is 2.59. The lowest BCUT2D eigenvalue weighted by Gasteiger charge is -2.45. The van der Waals surface area contributed by atoms with Gasteiger partial charge < -0.3 is 8.94 Å². The summed E-state index contributed by atoms with van der Waals surface area (Å²) in [6.07, 6.45) is 4.21. The van der Waals surface area contributed by atoms with Crippen LogP contribution in [0.25, 0.3) is 0 Å². The number of aromatic nitrogens is 1. The van der Waals surface area contributed by atoms with E-state index in [1.165, 1.54) is 21.9 Å². The number of carbonyl (C=O) groups is 2. The molecular formula is C24H25FN4O4. The molecule has 2 atom stereocenters. The molecule has 2 aromatic heterocycles. The number of benzene rings is 1. The molecule has 0 bridgehead atoms. The second-order valence-electron chi connectivity index (χ2n) is 8.85. The number of likely N-dealkylation sites (tertiary alicyclic amines) is 1. The standard InChI is InChI=1S/C24H25FN4O4/c1-16-12-24(7-8-27(16)13-18-6-9-32-15-18)22(30)28(14-20-10-17(2)33-26-20)23(31)29(24)21-5-3-4-19(25)11-21/h3-6,9-11,15-16H,7-8,12-14H2,1-2H3/t16-,24?/m0/s1.